The van der Waals surface area contributed by atoms with Gasteiger partial charge in [0, 0.05) is 18.9 Å². The Labute approximate surface area is 132 Å². The molecule has 0 radical (unpaired) electrons. The van der Waals surface area contributed by atoms with Crippen LogP contribution in [0.3, 0.4) is 0 Å². The molecule has 0 saturated heterocycles. The van der Waals surface area contributed by atoms with Crippen molar-refractivity contribution in [2.75, 3.05) is 0 Å². The number of para-hydroxylation sites is 1. The van der Waals surface area contributed by atoms with E-state index in [1.165, 1.54) is 11.8 Å². The quantitative estimate of drug-likeness (QED) is 0.727. The van der Waals surface area contributed by atoms with Gasteiger partial charge in [0.15, 0.2) is 5.65 Å². The number of thioether (sulfide) groups is 1. The predicted octanol–water partition coefficient (Wildman–Crippen LogP) is 3.12. The largest absolute Gasteiger partial charge is 0.327 e. The van der Waals surface area contributed by atoms with Gasteiger partial charge in [-0.1, -0.05) is 36.4 Å². The summed E-state index contributed by atoms with van der Waals surface area (Å²) in [5, 5.41) is 10.2. The summed E-state index contributed by atoms with van der Waals surface area (Å²) in [5.41, 5.74) is 2.73. The van der Waals surface area contributed by atoms with Crippen molar-refractivity contribution in [3.8, 4) is 0 Å². The van der Waals surface area contributed by atoms with E-state index in [1.807, 2.05) is 29.8 Å². The second-order valence-corrected chi connectivity index (χ2v) is 6.83. The van der Waals surface area contributed by atoms with Crippen molar-refractivity contribution in [3.05, 3.63) is 24.3 Å². The van der Waals surface area contributed by atoms with Crippen molar-refractivity contribution >= 4 is 39.6 Å². The summed E-state index contributed by atoms with van der Waals surface area (Å²) in [5.74, 6) is 0.317. The number of rotatable bonds is 2. The molecule has 5 nitrogen and oxygen atoms in total. The molecule has 0 bridgehead atoms. The molecule has 22 heavy (non-hydrogen) atoms. The van der Waals surface area contributed by atoms with Crippen LogP contribution in [0.4, 0.5) is 0 Å². The third-order valence-corrected chi connectivity index (χ3v) is 5.40. The Kier molecular flexibility index (Phi) is 3.33. The van der Waals surface area contributed by atoms with Crippen molar-refractivity contribution in [3.63, 3.8) is 0 Å². The molecule has 0 unspecified atom stereocenters. The molecule has 3 aromatic rings. The van der Waals surface area contributed by atoms with E-state index < -0.39 is 0 Å². The van der Waals surface area contributed by atoms with Gasteiger partial charge in [-0.25, -0.2) is 4.98 Å². The zero-order valence-electron chi connectivity index (χ0n) is 12.3. The van der Waals surface area contributed by atoms with Crippen LogP contribution in [0.25, 0.3) is 22.1 Å². The van der Waals surface area contributed by atoms with Crippen LogP contribution in [-0.4, -0.2) is 30.8 Å². The summed E-state index contributed by atoms with van der Waals surface area (Å²) < 4.78 is 2.03. The minimum Gasteiger partial charge on any atom is -0.327 e. The fraction of sp³-hybridized carbons (Fsp3) is 0.375. The van der Waals surface area contributed by atoms with Crippen LogP contribution in [0.2, 0.25) is 0 Å². The standard InChI is InChI=1S/C16H16N4OS/c1-20-11-7-3-2-6-10(11)14-15(20)17-16(19-18-14)22-13-9-5-4-8-12(13)21/h2-3,6-7,13H,4-5,8-9H2,1H3/t13-/m1/s1. The number of aromatic nitrogens is 4. The molecule has 1 aliphatic rings. The van der Waals surface area contributed by atoms with Crippen molar-refractivity contribution in [1.82, 2.24) is 19.7 Å². The predicted molar refractivity (Wildman–Crippen MR) is 86.9 cm³/mol. The lowest BCUT2D eigenvalue weighted by molar-refractivity contribution is -0.119. The second-order valence-electron chi connectivity index (χ2n) is 5.66. The molecule has 6 heteroatoms. The topological polar surface area (TPSA) is 60.7 Å². The van der Waals surface area contributed by atoms with Gasteiger partial charge in [-0.3, -0.25) is 4.79 Å². The van der Waals surface area contributed by atoms with Crippen LogP contribution in [0, 0.1) is 0 Å². The molecule has 0 aliphatic heterocycles. The van der Waals surface area contributed by atoms with Gasteiger partial charge in [-0.2, -0.15) is 0 Å². The normalized spacial score (nSPS) is 19.1. The van der Waals surface area contributed by atoms with Crippen molar-refractivity contribution < 1.29 is 4.79 Å². The zero-order chi connectivity index (χ0) is 15.1. The van der Waals surface area contributed by atoms with Crippen LogP contribution in [-0.2, 0) is 11.8 Å². The van der Waals surface area contributed by atoms with E-state index in [4.69, 9.17) is 0 Å². The van der Waals surface area contributed by atoms with Gasteiger partial charge in [0.2, 0.25) is 5.16 Å². The first-order valence-corrected chi connectivity index (χ1v) is 8.39. The summed E-state index contributed by atoms with van der Waals surface area (Å²) in [6.45, 7) is 0. The maximum absolute atomic E-state index is 12.0. The van der Waals surface area contributed by atoms with Gasteiger partial charge >= 0.3 is 0 Å². The number of hydrogen-bond donors (Lipinski definition) is 0. The molecule has 0 spiro atoms. The number of Topliss-reactive ketones (excluding diaryl/α,β-unsaturated/α-hetero) is 1. The SMILES string of the molecule is Cn1c2ccccc2c2nnc(S[C@@H]3CCCCC3=O)nc21. The molecule has 2 heterocycles. The minimum atomic E-state index is -0.0114. The lowest BCUT2D eigenvalue weighted by atomic mass is 9.99. The van der Waals surface area contributed by atoms with Gasteiger partial charge in [0.05, 0.1) is 10.8 Å². The van der Waals surface area contributed by atoms with Crippen LogP contribution >= 0.6 is 11.8 Å². The molecule has 2 aromatic heterocycles. The lowest BCUT2D eigenvalue weighted by Crippen LogP contribution is -2.21. The first-order valence-electron chi connectivity index (χ1n) is 7.51. The fourth-order valence-electron chi connectivity index (χ4n) is 3.04. The van der Waals surface area contributed by atoms with Gasteiger partial charge in [-0.15, -0.1) is 10.2 Å². The first kappa shape index (κ1) is 13.7. The van der Waals surface area contributed by atoms with E-state index in [1.54, 1.807) is 0 Å². The van der Waals surface area contributed by atoms with E-state index in [9.17, 15) is 4.79 Å². The van der Waals surface area contributed by atoms with Crippen LogP contribution in [0.5, 0.6) is 0 Å². The maximum atomic E-state index is 12.0. The number of ketones is 1. The Bertz CT molecular complexity index is 873. The molecule has 0 amide bonds. The Hall–Kier alpha value is -1.95. The molecule has 1 aromatic carbocycles. The Morgan fingerprint density at radius 1 is 1.23 bits per heavy atom. The number of nitrogens with zero attached hydrogens (tertiary/aromatic N) is 4. The van der Waals surface area contributed by atoms with Gasteiger partial charge in [0.1, 0.15) is 11.3 Å². The van der Waals surface area contributed by atoms with Crippen LogP contribution < -0.4 is 0 Å². The van der Waals surface area contributed by atoms with E-state index in [-0.39, 0.29) is 5.25 Å². The molecular formula is C16H16N4OS. The van der Waals surface area contributed by atoms with Crippen molar-refractivity contribution in [2.45, 2.75) is 36.1 Å². The summed E-state index contributed by atoms with van der Waals surface area (Å²) in [6, 6.07) is 8.08. The molecule has 0 N–H and O–H groups in total. The summed E-state index contributed by atoms with van der Waals surface area (Å²) >= 11 is 1.46. The second kappa shape index (κ2) is 5.35. The molecular weight excluding hydrogens is 296 g/mol. The number of fused-ring (bicyclic) bond motifs is 3. The smallest absolute Gasteiger partial charge is 0.211 e. The number of carbonyl (C=O) groups excluding carboxylic acids is 1. The van der Waals surface area contributed by atoms with E-state index in [0.29, 0.717) is 17.4 Å². The minimum absolute atomic E-state index is 0.0114. The molecule has 1 fully saturated rings. The van der Waals surface area contributed by atoms with Gasteiger partial charge in [0.25, 0.3) is 0 Å². The third-order valence-electron chi connectivity index (χ3n) is 4.23. The lowest BCUT2D eigenvalue weighted by Gasteiger charge is -2.18. The molecule has 4 rings (SSSR count). The van der Waals surface area contributed by atoms with Crippen molar-refractivity contribution in [1.29, 1.82) is 0 Å². The highest BCUT2D eigenvalue weighted by Gasteiger charge is 2.25. The summed E-state index contributed by atoms with van der Waals surface area (Å²) in [7, 11) is 1.99. The number of aryl methyl sites for hydroxylation is 1. The number of hydrogen-bond acceptors (Lipinski definition) is 5. The summed E-state index contributed by atoms with van der Waals surface area (Å²) in [6.07, 6.45) is 3.71. The van der Waals surface area contributed by atoms with E-state index >= 15 is 0 Å². The van der Waals surface area contributed by atoms with E-state index in [0.717, 1.165) is 41.3 Å². The maximum Gasteiger partial charge on any atom is 0.211 e. The van der Waals surface area contributed by atoms with Crippen LogP contribution in [0.15, 0.2) is 29.4 Å². The molecule has 1 saturated carbocycles. The average Bonchev–Trinajstić information content (AvgIpc) is 2.83. The molecule has 112 valence electrons. The highest BCUT2D eigenvalue weighted by atomic mass is 32.2. The van der Waals surface area contributed by atoms with Gasteiger partial charge < -0.3 is 4.57 Å². The van der Waals surface area contributed by atoms with E-state index in [2.05, 4.69) is 21.2 Å². The highest BCUT2D eigenvalue weighted by Crippen LogP contribution is 2.31. The number of benzene rings is 1. The van der Waals surface area contributed by atoms with Crippen LogP contribution in [0.1, 0.15) is 25.7 Å². The zero-order valence-corrected chi connectivity index (χ0v) is 13.1. The Morgan fingerprint density at radius 2 is 2.09 bits per heavy atom. The molecule has 1 aliphatic carbocycles. The third kappa shape index (κ3) is 2.18. The Morgan fingerprint density at radius 3 is 2.95 bits per heavy atom. The van der Waals surface area contributed by atoms with Gasteiger partial charge in [-0.05, 0) is 18.9 Å². The highest BCUT2D eigenvalue weighted by molar-refractivity contribution is 8.00. The fourth-order valence-corrected chi connectivity index (χ4v) is 4.06. The average molecular weight is 312 g/mol. The number of carbonyl (C=O) groups is 1. The molecule has 1 atom stereocenters. The monoisotopic (exact) mass is 312 g/mol. The van der Waals surface area contributed by atoms with Crippen molar-refractivity contribution in [2.24, 2.45) is 7.05 Å². The first-order chi connectivity index (χ1) is 10.7. The summed E-state index contributed by atoms with van der Waals surface area (Å²) in [4.78, 5) is 16.6. The Balaban J connectivity index is 1.75.